The fourth-order valence-electron chi connectivity index (χ4n) is 1.05. The molecule has 0 unspecified atom stereocenters. The first-order valence-corrected chi connectivity index (χ1v) is 5.50. The molecule has 68 valence electrons. The van der Waals surface area contributed by atoms with Gasteiger partial charge >= 0.3 is 0 Å². The Balaban J connectivity index is 2.56. The zero-order valence-electron chi connectivity index (χ0n) is 7.14. The zero-order chi connectivity index (χ0) is 9.64. The van der Waals surface area contributed by atoms with Crippen LogP contribution in [-0.2, 0) is 9.84 Å². The number of hydrogen-bond acceptors (Lipinski definition) is 5. The Morgan fingerprint density at radius 2 is 2.00 bits per heavy atom. The van der Waals surface area contributed by atoms with Gasteiger partial charge in [-0.3, -0.25) is 0 Å². The van der Waals surface area contributed by atoms with Crippen LogP contribution >= 0.6 is 0 Å². The Bertz CT molecular complexity index is 494. The van der Waals surface area contributed by atoms with Crippen LogP contribution in [-0.4, -0.2) is 31.9 Å². The molecule has 0 fully saturated rings. The number of amidine groups is 2. The molecule has 2 heterocycles. The van der Waals surface area contributed by atoms with E-state index in [1.165, 1.54) is 0 Å². The standard InChI is InChI=1S/C7H7N3O2S/c1-4-3-8-6-5(4)9-7(10-6)13(2,11)12/h3H,1-2H3. The molecule has 0 aromatic heterocycles. The molecule has 13 heavy (non-hydrogen) atoms. The van der Waals surface area contributed by atoms with Crippen LogP contribution in [0.3, 0.4) is 0 Å². The molecule has 2 aliphatic rings. The molecule has 2 rings (SSSR count). The highest BCUT2D eigenvalue weighted by atomic mass is 32.2. The number of allylic oxidation sites excluding steroid dienone is 1. The second kappa shape index (κ2) is 2.35. The van der Waals surface area contributed by atoms with Gasteiger partial charge in [0.25, 0.3) is 0 Å². The van der Waals surface area contributed by atoms with Gasteiger partial charge in [0.15, 0.2) is 5.84 Å². The average molecular weight is 197 g/mol. The van der Waals surface area contributed by atoms with E-state index >= 15 is 0 Å². The lowest BCUT2D eigenvalue weighted by atomic mass is 10.3. The number of sulfone groups is 1. The lowest BCUT2D eigenvalue weighted by molar-refractivity contribution is 0.612. The minimum atomic E-state index is -3.31. The van der Waals surface area contributed by atoms with Gasteiger partial charge in [0.2, 0.25) is 15.0 Å². The summed E-state index contributed by atoms with van der Waals surface area (Å²) in [5, 5.41) is -0.145. The molecule has 0 amide bonds. The molecule has 5 nitrogen and oxygen atoms in total. The first-order valence-electron chi connectivity index (χ1n) is 3.61. The summed E-state index contributed by atoms with van der Waals surface area (Å²) in [6.07, 6.45) is 2.70. The van der Waals surface area contributed by atoms with Gasteiger partial charge in [0.05, 0.1) is 0 Å². The van der Waals surface area contributed by atoms with Crippen molar-refractivity contribution in [2.75, 3.05) is 6.26 Å². The van der Waals surface area contributed by atoms with Gasteiger partial charge in [-0.05, 0) is 12.5 Å². The normalized spacial score (nSPS) is 20.5. The molecule has 0 saturated carbocycles. The van der Waals surface area contributed by atoms with E-state index in [9.17, 15) is 8.42 Å². The predicted molar refractivity (Wildman–Crippen MR) is 50.9 cm³/mol. The van der Waals surface area contributed by atoms with E-state index in [1.807, 2.05) is 6.92 Å². The number of hydrogen-bond donors (Lipinski definition) is 0. The van der Waals surface area contributed by atoms with Crippen LogP contribution < -0.4 is 0 Å². The fraction of sp³-hybridized carbons (Fsp3) is 0.286. The quantitative estimate of drug-likeness (QED) is 0.554. The third-order valence-corrected chi connectivity index (χ3v) is 2.55. The molecule has 2 aliphatic heterocycles. The monoisotopic (exact) mass is 197 g/mol. The molecule has 0 aromatic rings. The van der Waals surface area contributed by atoms with Crippen LogP contribution in [0.25, 0.3) is 0 Å². The molecular formula is C7H7N3O2S. The first-order chi connectivity index (χ1) is 5.98. The van der Waals surface area contributed by atoms with Gasteiger partial charge < -0.3 is 0 Å². The number of aliphatic imine (C=N–C) groups is 3. The minimum absolute atomic E-state index is 0.145. The summed E-state index contributed by atoms with van der Waals surface area (Å²) in [5.74, 6) is 0.401. The Morgan fingerprint density at radius 1 is 1.31 bits per heavy atom. The lowest BCUT2D eigenvalue weighted by Gasteiger charge is -1.89. The highest BCUT2D eigenvalue weighted by molar-refractivity contribution is 8.05. The van der Waals surface area contributed by atoms with Gasteiger partial charge in [0.1, 0.15) is 5.70 Å². The highest BCUT2D eigenvalue weighted by Crippen LogP contribution is 2.21. The summed E-state index contributed by atoms with van der Waals surface area (Å²) in [6.45, 7) is 1.82. The Morgan fingerprint density at radius 3 is 2.54 bits per heavy atom. The van der Waals surface area contributed by atoms with E-state index in [0.29, 0.717) is 11.5 Å². The number of fused-ring (bicyclic) bond motifs is 1. The molecule has 0 spiro atoms. The molecule has 0 radical (unpaired) electrons. The fourth-order valence-corrected chi connectivity index (χ4v) is 1.56. The van der Waals surface area contributed by atoms with Crippen molar-refractivity contribution in [1.29, 1.82) is 0 Å². The number of nitrogens with zero attached hydrogens (tertiary/aromatic N) is 3. The summed E-state index contributed by atoms with van der Waals surface area (Å²) >= 11 is 0. The van der Waals surface area contributed by atoms with Crippen molar-refractivity contribution in [3.05, 3.63) is 11.3 Å². The van der Waals surface area contributed by atoms with E-state index in [1.54, 1.807) is 6.21 Å². The summed E-state index contributed by atoms with van der Waals surface area (Å²) in [7, 11) is -3.31. The third kappa shape index (κ3) is 1.23. The van der Waals surface area contributed by atoms with Crippen molar-refractivity contribution in [3.63, 3.8) is 0 Å². The Labute approximate surface area is 75.5 Å². The van der Waals surface area contributed by atoms with E-state index in [-0.39, 0.29) is 5.17 Å². The maximum Gasteiger partial charge on any atom is 0.249 e. The Kier molecular flexibility index (Phi) is 1.50. The summed E-state index contributed by atoms with van der Waals surface area (Å²) in [4.78, 5) is 11.6. The largest absolute Gasteiger partial charge is 0.249 e. The van der Waals surface area contributed by atoms with Crippen molar-refractivity contribution in [2.45, 2.75) is 6.92 Å². The van der Waals surface area contributed by atoms with E-state index in [0.717, 1.165) is 11.8 Å². The van der Waals surface area contributed by atoms with Gasteiger partial charge in [-0.2, -0.15) is 4.99 Å². The van der Waals surface area contributed by atoms with Crippen LogP contribution in [0.4, 0.5) is 0 Å². The SMILES string of the molecule is CC1=C2N=C(S(C)(=O)=O)N=C2N=C1. The lowest BCUT2D eigenvalue weighted by Crippen LogP contribution is -2.07. The van der Waals surface area contributed by atoms with Crippen LogP contribution in [0.5, 0.6) is 0 Å². The van der Waals surface area contributed by atoms with Crippen LogP contribution in [0.1, 0.15) is 6.92 Å². The van der Waals surface area contributed by atoms with Crippen molar-refractivity contribution in [3.8, 4) is 0 Å². The molecule has 0 N–H and O–H groups in total. The summed E-state index contributed by atoms with van der Waals surface area (Å²) in [6, 6.07) is 0. The molecule has 0 aromatic carbocycles. The molecule has 0 atom stereocenters. The molecule has 0 bridgehead atoms. The average Bonchev–Trinajstić information content (AvgIpc) is 2.51. The second-order valence-electron chi connectivity index (χ2n) is 2.89. The van der Waals surface area contributed by atoms with Crippen molar-refractivity contribution < 1.29 is 8.42 Å². The van der Waals surface area contributed by atoms with E-state index < -0.39 is 9.84 Å². The van der Waals surface area contributed by atoms with Gasteiger partial charge in [-0.1, -0.05) is 0 Å². The Hall–Kier alpha value is -1.30. The first kappa shape index (κ1) is 8.31. The van der Waals surface area contributed by atoms with E-state index in [2.05, 4.69) is 15.0 Å². The van der Waals surface area contributed by atoms with Crippen molar-refractivity contribution in [1.82, 2.24) is 0 Å². The second-order valence-corrected chi connectivity index (χ2v) is 4.80. The van der Waals surface area contributed by atoms with Crippen molar-refractivity contribution >= 4 is 27.1 Å². The third-order valence-electron chi connectivity index (χ3n) is 1.71. The molecule has 6 heteroatoms. The maximum absolute atomic E-state index is 11.1. The van der Waals surface area contributed by atoms with Crippen LogP contribution in [0.2, 0.25) is 0 Å². The van der Waals surface area contributed by atoms with Gasteiger partial charge in [0, 0.05) is 12.5 Å². The zero-order valence-corrected chi connectivity index (χ0v) is 7.96. The van der Waals surface area contributed by atoms with Crippen LogP contribution in [0, 0.1) is 0 Å². The van der Waals surface area contributed by atoms with Gasteiger partial charge in [-0.15, -0.1) is 0 Å². The summed E-state index contributed by atoms with van der Waals surface area (Å²) in [5.41, 5.74) is 1.41. The highest BCUT2D eigenvalue weighted by Gasteiger charge is 2.26. The smallest absolute Gasteiger partial charge is 0.235 e. The molecule has 0 aliphatic carbocycles. The summed E-state index contributed by atoms with van der Waals surface area (Å²) < 4.78 is 22.1. The number of rotatable bonds is 0. The van der Waals surface area contributed by atoms with Crippen LogP contribution in [0.15, 0.2) is 26.2 Å². The molecule has 0 saturated heterocycles. The van der Waals surface area contributed by atoms with E-state index in [4.69, 9.17) is 0 Å². The minimum Gasteiger partial charge on any atom is -0.235 e. The maximum atomic E-state index is 11.1. The van der Waals surface area contributed by atoms with Gasteiger partial charge in [-0.25, -0.2) is 18.4 Å². The predicted octanol–water partition coefficient (Wildman–Crippen LogP) is 0.158. The molecular weight excluding hydrogens is 190 g/mol. The topological polar surface area (TPSA) is 71.2 Å². The van der Waals surface area contributed by atoms with Crippen molar-refractivity contribution in [2.24, 2.45) is 15.0 Å².